The van der Waals surface area contributed by atoms with E-state index in [2.05, 4.69) is 45.0 Å². The minimum absolute atomic E-state index is 0.116. The van der Waals surface area contributed by atoms with Crippen LogP contribution in [-0.4, -0.2) is 31.6 Å². The molecule has 0 fully saturated rings. The molecule has 0 saturated heterocycles. The van der Waals surface area contributed by atoms with E-state index >= 15 is 0 Å². The van der Waals surface area contributed by atoms with Crippen LogP contribution in [0.4, 0.5) is 4.39 Å². The van der Waals surface area contributed by atoms with E-state index < -0.39 is 0 Å². The molecule has 0 bridgehead atoms. The van der Waals surface area contributed by atoms with Crippen LogP contribution in [0.25, 0.3) is 0 Å². The lowest BCUT2D eigenvalue weighted by Crippen LogP contribution is -2.39. The van der Waals surface area contributed by atoms with Crippen LogP contribution >= 0.6 is 0 Å². The maximum absolute atomic E-state index is 13.6. The van der Waals surface area contributed by atoms with E-state index in [0.29, 0.717) is 12.5 Å². The van der Waals surface area contributed by atoms with Gasteiger partial charge in [-0.3, -0.25) is 0 Å². The minimum Gasteiger partial charge on any atom is -0.316 e. The second-order valence-electron chi connectivity index (χ2n) is 6.95. The van der Waals surface area contributed by atoms with Crippen LogP contribution in [0.5, 0.6) is 0 Å². The zero-order valence-corrected chi connectivity index (χ0v) is 13.5. The first-order chi connectivity index (χ1) is 9.30. The SMILES string of the molecule is CC(C)CNCC(C)(C)CN(C)Cc1ccccc1F. The first kappa shape index (κ1) is 17.1. The van der Waals surface area contributed by atoms with Crippen molar-refractivity contribution in [1.29, 1.82) is 0 Å². The van der Waals surface area contributed by atoms with E-state index in [1.165, 1.54) is 6.07 Å². The van der Waals surface area contributed by atoms with Gasteiger partial charge in [0.1, 0.15) is 5.82 Å². The molecule has 1 aromatic rings. The van der Waals surface area contributed by atoms with Gasteiger partial charge in [0.2, 0.25) is 0 Å². The van der Waals surface area contributed by atoms with Crippen molar-refractivity contribution >= 4 is 0 Å². The van der Waals surface area contributed by atoms with Gasteiger partial charge in [-0.05, 0) is 31.0 Å². The van der Waals surface area contributed by atoms with Gasteiger partial charge in [-0.25, -0.2) is 4.39 Å². The second-order valence-corrected chi connectivity index (χ2v) is 6.95. The third-order valence-corrected chi connectivity index (χ3v) is 3.25. The van der Waals surface area contributed by atoms with Crippen LogP contribution in [0.3, 0.4) is 0 Å². The second kappa shape index (κ2) is 7.75. The summed E-state index contributed by atoms with van der Waals surface area (Å²) >= 11 is 0. The molecule has 0 heterocycles. The molecule has 0 aromatic heterocycles. The summed E-state index contributed by atoms with van der Waals surface area (Å²) in [6.45, 7) is 12.5. The lowest BCUT2D eigenvalue weighted by atomic mass is 9.92. The highest BCUT2D eigenvalue weighted by Gasteiger charge is 2.20. The molecule has 0 saturated carbocycles. The zero-order valence-electron chi connectivity index (χ0n) is 13.5. The highest BCUT2D eigenvalue weighted by atomic mass is 19.1. The van der Waals surface area contributed by atoms with Crippen molar-refractivity contribution in [1.82, 2.24) is 10.2 Å². The summed E-state index contributed by atoms with van der Waals surface area (Å²) in [5.41, 5.74) is 0.940. The summed E-state index contributed by atoms with van der Waals surface area (Å²) in [4.78, 5) is 2.19. The van der Waals surface area contributed by atoms with Crippen LogP contribution < -0.4 is 5.32 Å². The number of nitrogens with one attached hydrogen (secondary N) is 1. The predicted molar refractivity (Wildman–Crippen MR) is 84.2 cm³/mol. The Bertz CT molecular complexity index is 402. The number of nitrogens with zero attached hydrogens (tertiary/aromatic N) is 1. The number of rotatable bonds is 8. The fraction of sp³-hybridized carbons (Fsp3) is 0.647. The Morgan fingerprint density at radius 1 is 1.25 bits per heavy atom. The topological polar surface area (TPSA) is 15.3 Å². The average Bonchev–Trinajstić information content (AvgIpc) is 2.30. The lowest BCUT2D eigenvalue weighted by molar-refractivity contribution is 0.195. The molecule has 0 spiro atoms. The van der Waals surface area contributed by atoms with E-state index in [1.807, 2.05) is 12.1 Å². The van der Waals surface area contributed by atoms with Gasteiger partial charge < -0.3 is 10.2 Å². The molecule has 1 N–H and O–H groups in total. The van der Waals surface area contributed by atoms with Crippen LogP contribution in [0.1, 0.15) is 33.3 Å². The molecule has 0 aliphatic carbocycles. The maximum atomic E-state index is 13.6. The molecular formula is C17H29FN2. The van der Waals surface area contributed by atoms with Crippen molar-refractivity contribution in [3.8, 4) is 0 Å². The third-order valence-electron chi connectivity index (χ3n) is 3.25. The Morgan fingerprint density at radius 3 is 2.50 bits per heavy atom. The molecule has 0 aliphatic heterocycles. The first-order valence-electron chi connectivity index (χ1n) is 7.43. The molecular weight excluding hydrogens is 251 g/mol. The Morgan fingerprint density at radius 2 is 1.90 bits per heavy atom. The lowest BCUT2D eigenvalue weighted by Gasteiger charge is -2.31. The largest absolute Gasteiger partial charge is 0.316 e. The third kappa shape index (κ3) is 6.49. The summed E-state index contributed by atoms with van der Waals surface area (Å²) in [5.74, 6) is 0.553. The van der Waals surface area contributed by atoms with Gasteiger partial charge in [0, 0.05) is 25.2 Å². The van der Waals surface area contributed by atoms with Gasteiger partial charge in [-0.1, -0.05) is 45.9 Å². The molecule has 0 amide bonds. The standard InChI is InChI=1S/C17H29FN2/c1-14(2)10-19-12-17(3,4)13-20(5)11-15-8-6-7-9-16(15)18/h6-9,14,19H,10-13H2,1-5H3. The van der Waals surface area contributed by atoms with Gasteiger partial charge in [-0.2, -0.15) is 0 Å². The molecule has 3 heteroatoms. The van der Waals surface area contributed by atoms with Crippen molar-refractivity contribution < 1.29 is 4.39 Å². The average molecular weight is 280 g/mol. The fourth-order valence-electron chi connectivity index (χ4n) is 2.46. The van der Waals surface area contributed by atoms with Crippen molar-refractivity contribution in [2.24, 2.45) is 11.3 Å². The highest BCUT2D eigenvalue weighted by Crippen LogP contribution is 2.17. The maximum Gasteiger partial charge on any atom is 0.127 e. The molecule has 1 rings (SSSR count). The normalized spacial score (nSPS) is 12.4. The van der Waals surface area contributed by atoms with Gasteiger partial charge in [0.25, 0.3) is 0 Å². The summed E-state index contributed by atoms with van der Waals surface area (Å²) in [7, 11) is 2.05. The molecule has 0 radical (unpaired) electrons. The van der Waals surface area contributed by atoms with Gasteiger partial charge in [0.15, 0.2) is 0 Å². The van der Waals surface area contributed by atoms with Crippen LogP contribution in [-0.2, 0) is 6.54 Å². The van der Waals surface area contributed by atoms with E-state index in [-0.39, 0.29) is 11.2 Å². The van der Waals surface area contributed by atoms with E-state index in [1.54, 1.807) is 6.07 Å². The summed E-state index contributed by atoms with van der Waals surface area (Å²) in [6, 6.07) is 7.01. The molecule has 2 nitrogen and oxygen atoms in total. The van der Waals surface area contributed by atoms with E-state index in [0.717, 1.165) is 25.2 Å². The summed E-state index contributed by atoms with van der Waals surface area (Å²) in [6.07, 6.45) is 0. The van der Waals surface area contributed by atoms with E-state index in [9.17, 15) is 4.39 Å². The Balaban J connectivity index is 2.44. The Kier molecular flexibility index (Phi) is 6.63. The van der Waals surface area contributed by atoms with Crippen LogP contribution in [0, 0.1) is 17.2 Å². The first-order valence-corrected chi connectivity index (χ1v) is 7.43. The molecule has 20 heavy (non-hydrogen) atoms. The Labute approximate surface area is 123 Å². The highest BCUT2D eigenvalue weighted by molar-refractivity contribution is 5.17. The van der Waals surface area contributed by atoms with Crippen molar-refractivity contribution in [3.05, 3.63) is 35.6 Å². The molecule has 0 aliphatic rings. The molecule has 114 valence electrons. The van der Waals surface area contributed by atoms with Gasteiger partial charge >= 0.3 is 0 Å². The summed E-state index contributed by atoms with van der Waals surface area (Å²) in [5, 5.41) is 3.50. The quantitative estimate of drug-likeness (QED) is 0.783. The van der Waals surface area contributed by atoms with Crippen molar-refractivity contribution in [2.75, 3.05) is 26.7 Å². The van der Waals surface area contributed by atoms with Gasteiger partial charge in [-0.15, -0.1) is 0 Å². The smallest absolute Gasteiger partial charge is 0.127 e. The van der Waals surface area contributed by atoms with Crippen LogP contribution in [0.15, 0.2) is 24.3 Å². The van der Waals surface area contributed by atoms with Crippen molar-refractivity contribution in [3.63, 3.8) is 0 Å². The number of benzene rings is 1. The number of hydrogen-bond acceptors (Lipinski definition) is 2. The number of halogens is 1. The molecule has 0 unspecified atom stereocenters. The number of hydrogen-bond donors (Lipinski definition) is 1. The van der Waals surface area contributed by atoms with Crippen LogP contribution in [0.2, 0.25) is 0 Å². The Hall–Kier alpha value is -0.930. The fourth-order valence-corrected chi connectivity index (χ4v) is 2.46. The molecule has 0 atom stereocenters. The van der Waals surface area contributed by atoms with E-state index in [4.69, 9.17) is 0 Å². The van der Waals surface area contributed by atoms with Gasteiger partial charge in [0.05, 0.1) is 0 Å². The minimum atomic E-state index is -0.116. The zero-order chi connectivity index (χ0) is 15.2. The summed E-state index contributed by atoms with van der Waals surface area (Å²) < 4.78 is 13.6. The monoisotopic (exact) mass is 280 g/mol. The van der Waals surface area contributed by atoms with Crippen molar-refractivity contribution in [2.45, 2.75) is 34.2 Å². The molecule has 1 aromatic carbocycles. The predicted octanol–water partition coefficient (Wildman–Crippen LogP) is 3.53.